The Balaban J connectivity index is 1.31. The van der Waals surface area contributed by atoms with Crippen LogP contribution in [0.2, 0.25) is 5.02 Å². The van der Waals surface area contributed by atoms with Crippen molar-refractivity contribution < 1.29 is 19.6 Å². The van der Waals surface area contributed by atoms with Crippen LogP contribution in [0.3, 0.4) is 0 Å². The van der Waals surface area contributed by atoms with Crippen LogP contribution in [0.4, 0.5) is 0 Å². The van der Waals surface area contributed by atoms with Crippen LogP contribution >= 0.6 is 11.6 Å². The number of rotatable bonds is 5. The molecule has 4 rings (SSSR count). The van der Waals surface area contributed by atoms with Crippen molar-refractivity contribution in [2.24, 2.45) is 5.16 Å². The molecule has 6 heteroatoms. The summed E-state index contributed by atoms with van der Waals surface area (Å²) in [7, 11) is 0. The van der Waals surface area contributed by atoms with Crippen molar-refractivity contribution >= 4 is 17.3 Å². The smallest absolute Gasteiger partial charge is 0.231 e. The zero-order valence-electron chi connectivity index (χ0n) is 13.1. The lowest BCUT2D eigenvalue weighted by Gasteiger charge is -2.08. The van der Waals surface area contributed by atoms with Gasteiger partial charge in [0.1, 0.15) is 13.1 Å². The summed E-state index contributed by atoms with van der Waals surface area (Å²) in [4.78, 5) is 5.56. The van der Waals surface area contributed by atoms with Gasteiger partial charge in [-0.05, 0) is 24.3 Å². The maximum absolute atomic E-state index is 6.17. The number of hydrogen-bond acceptors (Lipinski definition) is 4. The molecule has 0 saturated carbocycles. The predicted molar refractivity (Wildman–Crippen MR) is 90.5 cm³/mol. The van der Waals surface area contributed by atoms with Crippen LogP contribution in [0.25, 0.3) is 0 Å². The predicted octanol–water partition coefficient (Wildman–Crippen LogP) is 2.33. The third-order valence-corrected chi connectivity index (χ3v) is 4.56. The molecule has 24 heavy (non-hydrogen) atoms. The number of ether oxygens (including phenoxy) is 2. The van der Waals surface area contributed by atoms with Gasteiger partial charge in [-0.15, -0.1) is 0 Å². The van der Waals surface area contributed by atoms with Gasteiger partial charge in [-0.1, -0.05) is 35.0 Å². The molecule has 0 bridgehead atoms. The fourth-order valence-electron chi connectivity index (χ4n) is 2.89. The summed E-state index contributed by atoms with van der Waals surface area (Å²) >= 11 is 6.17. The molecule has 0 fully saturated rings. The van der Waals surface area contributed by atoms with E-state index in [0.717, 1.165) is 52.9 Å². The van der Waals surface area contributed by atoms with Gasteiger partial charge in [0.2, 0.25) is 6.79 Å². The molecule has 0 amide bonds. The molecule has 2 N–H and O–H groups in total. The molecule has 0 unspecified atom stereocenters. The van der Waals surface area contributed by atoms with Crippen LogP contribution in [-0.2, 0) is 11.4 Å². The van der Waals surface area contributed by atoms with Crippen LogP contribution in [0.1, 0.15) is 17.5 Å². The van der Waals surface area contributed by atoms with Gasteiger partial charge in [0, 0.05) is 22.6 Å². The Morgan fingerprint density at radius 2 is 2.00 bits per heavy atom. The largest absolute Gasteiger partial charge is 0.454 e. The SMILES string of the molecule is Clc1ccccc1C[NH2+]C[C@H]1CC(c2ccc3c(c2)OCO3)=NO1. The highest BCUT2D eigenvalue weighted by atomic mass is 35.5. The monoisotopic (exact) mass is 345 g/mol. The second-order valence-electron chi connectivity index (χ2n) is 5.86. The molecule has 2 aromatic carbocycles. The van der Waals surface area contributed by atoms with E-state index in [0.29, 0.717) is 0 Å². The van der Waals surface area contributed by atoms with Crippen LogP contribution < -0.4 is 14.8 Å². The molecule has 0 radical (unpaired) electrons. The van der Waals surface area contributed by atoms with E-state index >= 15 is 0 Å². The molecule has 2 aromatic rings. The van der Waals surface area contributed by atoms with E-state index in [4.69, 9.17) is 25.9 Å². The van der Waals surface area contributed by atoms with Crippen LogP contribution in [0.15, 0.2) is 47.6 Å². The second-order valence-corrected chi connectivity index (χ2v) is 6.26. The Hall–Kier alpha value is -2.24. The van der Waals surface area contributed by atoms with Crippen molar-refractivity contribution in [1.82, 2.24) is 0 Å². The first-order valence-electron chi connectivity index (χ1n) is 7.97. The summed E-state index contributed by atoms with van der Waals surface area (Å²) in [6.45, 7) is 1.95. The lowest BCUT2D eigenvalue weighted by molar-refractivity contribution is -0.676. The van der Waals surface area contributed by atoms with Gasteiger partial charge in [-0.3, -0.25) is 0 Å². The topological polar surface area (TPSA) is 56.7 Å². The van der Waals surface area contributed by atoms with E-state index < -0.39 is 0 Å². The second kappa shape index (κ2) is 6.71. The number of fused-ring (bicyclic) bond motifs is 1. The summed E-state index contributed by atoms with van der Waals surface area (Å²) < 4.78 is 10.7. The summed E-state index contributed by atoms with van der Waals surface area (Å²) in [5, 5.41) is 7.23. The van der Waals surface area contributed by atoms with Gasteiger partial charge in [0.05, 0.1) is 5.71 Å². The molecule has 5 nitrogen and oxygen atoms in total. The molecule has 0 saturated heterocycles. The number of nitrogens with zero attached hydrogens (tertiary/aromatic N) is 1. The quantitative estimate of drug-likeness (QED) is 0.904. The fraction of sp³-hybridized carbons (Fsp3) is 0.278. The van der Waals surface area contributed by atoms with Crippen LogP contribution in [0, 0.1) is 0 Å². The number of nitrogens with two attached hydrogens (primary N) is 1. The third kappa shape index (κ3) is 3.18. The van der Waals surface area contributed by atoms with Gasteiger partial charge in [-0.25, -0.2) is 0 Å². The summed E-state index contributed by atoms with van der Waals surface area (Å²) in [6.07, 6.45) is 0.867. The molecule has 124 valence electrons. The van der Waals surface area contributed by atoms with Crippen LogP contribution in [-0.4, -0.2) is 25.2 Å². The third-order valence-electron chi connectivity index (χ3n) is 4.19. The number of benzene rings is 2. The first-order valence-corrected chi connectivity index (χ1v) is 8.35. The Labute approximate surface area is 145 Å². The van der Waals surface area contributed by atoms with Gasteiger partial charge >= 0.3 is 0 Å². The number of oxime groups is 1. The Bertz CT molecular complexity index is 779. The normalized spacial score (nSPS) is 18.4. The van der Waals surface area contributed by atoms with Gasteiger partial charge in [0.15, 0.2) is 17.6 Å². The molecule has 2 heterocycles. The van der Waals surface area contributed by atoms with Crippen molar-refractivity contribution in [3.8, 4) is 11.5 Å². The van der Waals surface area contributed by atoms with E-state index in [2.05, 4.69) is 10.5 Å². The highest BCUT2D eigenvalue weighted by Gasteiger charge is 2.25. The van der Waals surface area contributed by atoms with Crippen molar-refractivity contribution in [2.75, 3.05) is 13.3 Å². The number of hydrogen-bond donors (Lipinski definition) is 1. The van der Waals surface area contributed by atoms with E-state index in [-0.39, 0.29) is 12.9 Å². The van der Waals surface area contributed by atoms with Crippen molar-refractivity contribution in [3.63, 3.8) is 0 Å². The number of halogens is 1. The highest BCUT2D eigenvalue weighted by molar-refractivity contribution is 6.31. The van der Waals surface area contributed by atoms with E-state index in [1.807, 2.05) is 42.5 Å². The van der Waals surface area contributed by atoms with Gasteiger partial charge < -0.3 is 19.6 Å². The van der Waals surface area contributed by atoms with Crippen molar-refractivity contribution in [1.29, 1.82) is 0 Å². The first-order chi connectivity index (χ1) is 11.8. The molecule has 1 atom stereocenters. The maximum Gasteiger partial charge on any atom is 0.231 e. The van der Waals surface area contributed by atoms with Gasteiger partial charge in [0.25, 0.3) is 0 Å². The zero-order chi connectivity index (χ0) is 16.4. The summed E-state index contributed by atoms with van der Waals surface area (Å²) in [5.74, 6) is 1.55. The summed E-state index contributed by atoms with van der Waals surface area (Å²) in [6, 6.07) is 13.8. The molecular weight excluding hydrogens is 328 g/mol. The minimum Gasteiger partial charge on any atom is -0.454 e. The van der Waals surface area contributed by atoms with E-state index in [1.54, 1.807) is 0 Å². The van der Waals surface area contributed by atoms with E-state index in [1.165, 1.54) is 0 Å². The standard InChI is InChI=1S/C18H17ClN2O3/c19-15-4-2-1-3-13(15)9-20-10-14-8-16(21-24-14)12-5-6-17-18(7-12)23-11-22-17/h1-7,14,20H,8-11H2/p+1/t14-/m1/s1. The lowest BCUT2D eigenvalue weighted by Crippen LogP contribution is -2.84. The average Bonchev–Trinajstić information content (AvgIpc) is 3.25. The molecule has 2 aliphatic rings. The summed E-state index contributed by atoms with van der Waals surface area (Å²) in [5.41, 5.74) is 3.10. The molecule has 2 aliphatic heterocycles. The van der Waals surface area contributed by atoms with Gasteiger partial charge in [-0.2, -0.15) is 0 Å². The van der Waals surface area contributed by atoms with E-state index in [9.17, 15) is 0 Å². The first kappa shape index (κ1) is 15.3. The number of quaternary nitrogens is 1. The van der Waals surface area contributed by atoms with Crippen molar-refractivity contribution in [2.45, 2.75) is 19.1 Å². The minimum atomic E-state index is 0.0768. The zero-order valence-corrected chi connectivity index (χ0v) is 13.8. The average molecular weight is 346 g/mol. The molecule has 0 aliphatic carbocycles. The Kier molecular flexibility index (Phi) is 4.28. The maximum atomic E-state index is 6.17. The van der Waals surface area contributed by atoms with Crippen LogP contribution in [0.5, 0.6) is 11.5 Å². The molecular formula is C18H18ClN2O3+. The van der Waals surface area contributed by atoms with Crippen molar-refractivity contribution in [3.05, 3.63) is 58.6 Å². The molecule has 0 aromatic heterocycles. The highest BCUT2D eigenvalue weighted by Crippen LogP contribution is 2.33. The lowest BCUT2D eigenvalue weighted by atomic mass is 10.0. The fourth-order valence-corrected chi connectivity index (χ4v) is 3.10. The molecule has 0 spiro atoms. The minimum absolute atomic E-state index is 0.0768. The Morgan fingerprint density at radius 1 is 1.12 bits per heavy atom. The Morgan fingerprint density at radius 3 is 2.92 bits per heavy atom.